The average Bonchev–Trinajstić information content (AvgIpc) is 2.36. The van der Waals surface area contributed by atoms with Crippen molar-refractivity contribution in [3.63, 3.8) is 0 Å². The zero-order chi connectivity index (χ0) is 15.0. The molecule has 0 aliphatic heterocycles. The molecule has 1 amide bonds. The van der Waals surface area contributed by atoms with Crippen LogP contribution in [0.15, 0.2) is 24.3 Å². The molecule has 1 unspecified atom stereocenters. The summed E-state index contributed by atoms with van der Waals surface area (Å²) in [6.45, 7) is 3.33. The molecule has 5 nitrogen and oxygen atoms in total. The molecule has 1 aromatic carbocycles. The molecule has 0 aliphatic rings. The van der Waals surface area contributed by atoms with Crippen molar-refractivity contribution in [2.75, 3.05) is 33.0 Å². The van der Waals surface area contributed by atoms with Crippen LogP contribution in [0.5, 0.6) is 5.75 Å². The number of ether oxygens (including phenoxy) is 1. The second-order valence-electron chi connectivity index (χ2n) is 5.23. The summed E-state index contributed by atoms with van der Waals surface area (Å²) in [5, 5.41) is 2.96. The quantitative estimate of drug-likeness (QED) is 0.708. The van der Waals surface area contributed by atoms with Gasteiger partial charge in [0.2, 0.25) is 5.91 Å². The third kappa shape index (κ3) is 6.99. The number of carbonyl (C=O) groups is 1. The van der Waals surface area contributed by atoms with Crippen LogP contribution in [-0.2, 0) is 4.79 Å². The largest absolute Gasteiger partial charge is 0.493 e. The first-order valence-electron chi connectivity index (χ1n) is 6.90. The van der Waals surface area contributed by atoms with Crippen molar-refractivity contribution in [3.8, 4) is 5.75 Å². The highest BCUT2D eigenvalue weighted by Crippen LogP contribution is 2.14. The van der Waals surface area contributed by atoms with Crippen molar-refractivity contribution in [2.24, 2.45) is 0 Å². The Morgan fingerprint density at radius 1 is 1.45 bits per heavy atom. The van der Waals surface area contributed by atoms with Crippen LogP contribution in [0.1, 0.15) is 19.8 Å². The van der Waals surface area contributed by atoms with Crippen molar-refractivity contribution in [3.05, 3.63) is 24.3 Å². The van der Waals surface area contributed by atoms with E-state index in [1.165, 1.54) is 0 Å². The van der Waals surface area contributed by atoms with E-state index in [1.54, 1.807) is 12.1 Å². The smallest absolute Gasteiger partial charge is 0.223 e. The number of amides is 1. The molecule has 0 radical (unpaired) electrons. The molecule has 0 saturated heterocycles. The number of nitrogen functional groups attached to an aromatic ring is 1. The number of nitrogens with two attached hydrogens (primary N) is 1. The summed E-state index contributed by atoms with van der Waals surface area (Å²) in [6.07, 6.45) is 1.29. The highest BCUT2D eigenvalue weighted by atomic mass is 16.5. The fourth-order valence-corrected chi connectivity index (χ4v) is 1.74. The molecule has 0 aliphatic carbocycles. The summed E-state index contributed by atoms with van der Waals surface area (Å²) in [6, 6.07) is 7.38. The molecule has 5 heteroatoms. The molecule has 0 fully saturated rings. The van der Waals surface area contributed by atoms with Crippen LogP contribution < -0.4 is 15.8 Å². The van der Waals surface area contributed by atoms with E-state index in [0.29, 0.717) is 24.5 Å². The SMILES string of the molecule is CC(CCN(C)C)NC(=O)CCOc1cccc(N)c1. The monoisotopic (exact) mass is 279 g/mol. The van der Waals surface area contributed by atoms with Crippen molar-refractivity contribution in [2.45, 2.75) is 25.8 Å². The van der Waals surface area contributed by atoms with Gasteiger partial charge in [0.05, 0.1) is 13.0 Å². The lowest BCUT2D eigenvalue weighted by atomic mass is 10.2. The zero-order valence-corrected chi connectivity index (χ0v) is 12.6. The summed E-state index contributed by atoms with van der Waals surface area (Å²) in [4.78, 5) is 13.8. The minimum absolute atomic E-state index is 0.0140. The van der Waals surface area contributed by atoms with Crippen LogP contribution in [0.3, 0.4) is 0 Å². The van der Waals surface area contributed by atoms with Crippen molar-refractivity contribution in [1.82, 2.24) is 10.2 Å². The first-order valence-corrected chi connectivity index (χ1v) is 6.90. The molecule has 1 rings (SSSR count). The molecule has 0 saturated carbocycles. The maximum absolute atomic E-state index is 11.7. The molecule has 1 aromatic rings. The maximum atomic E-state index is 11.7. The van der Waals surface area contributed by atoms with Gasteiger partial charge in [-0.25, -0.2) is 0 Å². The number of hydrogen-bond acceptors (Lipinski definition) is 4. The number of hydrogen-bond donors (Lipinski definition) is 2. The number of benzene rings is 1. The predicted octanol–water partition coefficient (Wildman–Crippen LogP) is 1.49. The van der Waals surface area contributed by atoms with Gasteiger partial charge < -0.3 is 20.7 Å². The molecule has 0 aromatic heterocycles. The Balaban J connectivity index is 2.20. The molecular formula is C15H25N3O2. The second-order valence-corrected chi connectivity index (χ2v) is 5.23. The number of carbonyl (C=O) groups excluding carboxylic acids is 1. The van der Waals surface area contributed by atoms with Gasteiger partial charge in [-0.05, 0) is 46.1 Å². The fraction of sp³-hybridized carbons (Fsp3) is 0.533. The molecule has 0 spiro atoms. The maximum Gasteiger partial charge on any atom is 0.223 e. The summed E-state index contributed by atoms with van der Waals surface area (Å²) in [5.74, 6) is 0.707. The second kappa shape index (κ2) is 8.43. The van der Waals surface area contributed by atoms with E-state index in [9.17, 15) is 4.79 Å². The van der Waals surface area contributed by atoms with E-state index in [1.807, 2.05) is 33.2 Å². The van der Waals surface area contributed by atoms with Crippen molar-refractivity contribution < 1.29 is 9.53 Å². The van der Waals surface area contributed by atoms with Gasteiger partial charge in [0, 0.05) is 17.8 Å². The Hall–Kier alpha value is -1.75. The number of anilines is 1. The van der Waals surface area contributed by atoms with Gasteiger partial charge in [0.15, 0.2) is 0 Å². The lowest BCUT2D eigenvalue weighted by Gasteiger charge is -2.16. The Morgan fingerprint density at radius 3 is 2.85 bits per heavy atom. The van der Waals surface area contributed by atoms with Crippen LogP contribution in [0.25, 0.3) is 0 Å². The standard InChI is InChI=1S/C15H25N3O2/c1-12(7-9-18(2)3)17-15(19)8-10-20-14-6-4-5-13(16)11-14/h4-6,11-12H,7-10,16H2,1-3H3,(H,17,19). The van der Waals surface area contributed by atoms with E-state index in [2.05, 4.69) is 10.2 Å². The van der Waals surface area contributed by atoms with Crippen LogP contribution in [-0.4, -0.2) is 44.1 Å². The average molecular weight is 279 g/mol. The van der Waals surface area contributed by atoms with Crippen LogP contribution >= 0.6 is 0 Å². The van der Waals surface area contributed by atoms with E-state index in [0.717, 1.165) is 13.0 Å². The van der Waals surface area contributed by atoms with E-state index in [-0.39, 0.29) is 11.9 Å². The van der Waals surface area contributed by atoms with E-state index >= 15 is 0 Å². The normalized spacial score (nSPS) is 12.2. The van der Waals surface area contributed by atoms with Crippen molar-refractivity contribution >= 4 is 11.6 Å². The van der Waals surface area contributed by atoms with Gasteiger partial charge in [0.1, 0.15) is 5.75 Å². The Bertz CT molecular complexity index is 421. The number of rotatable bonds is 8. The van der Waals surface area contributed by atoms with Crippen LogP contribution in [0, 0.1) is 0 Å². The van der Waals surface area contributed by atoms with Crippen molar-refractivity contribution in [1.29, 1.82) is 0 Å². The van der Waals surface area contributed by atoms with E-state index < -0.39 is 0 Å². The van der Waals surface area contributed by atoms with Gasteiger partial charge in [-0.1, -0.05) is 6.07 Å². The van der Waals surface area contributed by atoms with Gasteiger partial charge in [-0.3, -0.25) is 4.79 Å². The zero-order valence-electron chi connectivity index (χ0n) is 12.6. The van der Waals surface area contributed by atoms with Gasteiger partial charge in [0.25, 0.3) is 0 Å². The molecule has 0 heterocycles. The first kappa shape index (κ1) is 16.3. The van der Waals surface area contributed by atoms with Crippen LogP contribution in [0.2, 0.25) is 0 Å². The highest BCUT2D eigenvalue weighted by Gasteiger charge is 2.07. The third-order valence-corrected chi connectivity index (χ3v) is 2.87. The molecule has 1 atom stereocenters. The van der Waals surface area contributed by atoms with Gasteiger partial charge in [-0.15, -0.1) is 0 Å². The third-order valence-electron chi connectivity index (χ3n) is 2.87. The Morgan fingerprint density at radius 2 is 2.20 bits per heavy atom. The lowest BCUT2D eigenvalue weighted by Crippen LogP contribution is -2.35. The van der Waals surface area contributed by atoms with E-state index in [4.69, 9.17) is 10.5 Å². The highest BCUT2D eigenvalue weighted by molar-refractivity contribution is 5.76. The molecule has 0 bridgehead atoms. The summed E-state index contributed by atoms with van der Waals surface area (Å²) in [7, 11) is 4.04. The molecule has 20 heavy (non-hydrogen) atoms. The number of nitrogens with zero attached hydrogens (tertiary/aromatic N) is 1. The molecule has 3 N–H and O–H groups in total. The Kier molecular flexibility index (Phi) is 6.87. The number of nitrogens with one attached hydrogen (secondary N) is 1. The topological polar surface area (TPSA) is 67.6 Å². The van der Waals surface area contributed by atoms with Gasteiger partial charge in [-0.2, -0.15) is 0 Å². The Labute approximate surface area is 121 Å². The summed E-state index contributed by atoms with van der Waals surface area (Å²) in [5.41, 5.74) is 6.31. The first-order chi connectivity index (χ1) is 9.47. The minimum atomic E-state index is 0.0140. The summed E-state index contributed by atoms with van der Waals surface area (Å²) < 4.78 is 5.49. The predicted molar refractivity (Wildman–Crippen MR) is 81.7 cm³/mol. The molecule has 112 valence electrons. The van der Waals surface area contributed by atoms with Gasteiger partial charge >= 0.3 is 0 Å². The molecular weight excluding hydrogens is 254 g/mol. The lowest BCUT2D eigenvalue weighted by molar-refractivity contribution is -0.122. The van der Waals surface area contributed by atoms with Crippen LogP contribution in [0.4, 0.5) is 5.69 Å². The minimum Gasteiger partial charge on any atom is -0.493 e. The fourth-order valence-electron chi connectivity index (χ4n) is 1.74. The summed E-state index contributed by atoms with van der Waals surface area (Å²) >= 11 is 0.